The van der Waals surface area contributed by atoms with E-state index in [1.54, 1.807) is 36.4 Å². The maximum Gasteiger partial charge on any atom is 0.325 e. The van der Waals surface area contributed by atoms with Gasteiger partial charge in [-0.15, -0.1) is 11.6 Å². The molecule has 0 aliphatic heterocycles. The van der Waals surface area contributed by atoms with Crippen molar-refractivity contribution in [2.24, 2.45) is 0 Å². The van der Waals surface area contributed by atoms with Crippen LogP contribution >= 0.6 is 23.2 Å². The van der Waals surface area contributed by atoms with Crippen molar-refractivity contribution in [3.05, 3.63) is 64.7 Å². The molecule has 2 aromatic rings. The van der Waals surface area contributed by atoms with Crippen LogP contribution in [0.3, 0.4) is 0 Å². The molecule has 1 N–H and O–H groups in total. The van der Waals surface area contributed by atoms with Crippen molar-refractivity contribution in [1.29, 1.82) is 0 Å². The average Bonchev–Trinajstić information content (AvgIpc) is 2.59. The molecule has 0 amide bonds. The van der Waals surface area contributed by atoms with E-state index in [4.69, 9.17) is 27.9 Å². The zero-order chi connectivity index (χ0) is 18.6. The topological polar surface area (TPSA) is 72.5 Å². The van der Waals surface area contributed by atoms with Gasteiger partial charge in [-0.3, -0.25) is 4.79 Å². The second-order valence-electron chi connectivity index (χ2n) is 5.36. The summed E-state index contributed by atoms with van der Waals surface area (Å²) in [4.78, 5) is 12.1. The lowest BCUT2D eigenvalue weighted by Crippen LogP contribution is -2.44. The molecule has 0 heterocycles. The first-order valence-corrected chi connectivity index (χ1v) is 9.61. The highest BCUT2D eigenvalue weighted by Gasteiger charge is 2.34. The number of rotatable bonds is 6. The molecule has 25 heavy (non-hydrogen) atoms. The Morgan fingerprint density at radius 3 is 2.28 bits per heavy atom. The third kappa shape index (κ3) is 4.73. The monoisotopic (exact) mass is 401 g/mol. The van der Waals surface area contributed by atoms with Gasteiger partial charge in [0.2, 0.25) is 10.0 Å². The molecule has 8 heteroatoms. The van der Waals surface area contributed by atoms with Crippen LogP contribution in [-0.2, 0) is 19.6 Å². The van der Waals surface area contributed by atoms with E-state index in [0.717, 1.165) is 12.7 Å². The van der Waals surface area contributed by atoms with Crippen LogP contribution in [-0.4, -0.2) is 27.5 Å². The van der Waals surface area contributed by atoms with Gasteiger partial charge in [0.05, 0.1) is 17.4 Å². The summed E-state index contributed by atoms with van der Waals surface area (Å²) >= 11 is 12.5. The molecule has 0 bridgehead atoms. The van der Waals surface area contributed by atoms with E-state index < -0.39 is 27.4 Å². The molecule has 2 aromatic carbocycles. The first kappa shape index (κ1) is 19.7. The summed E-state index contributed by atoms with van der Waals surface area (Å²) < 4.78 is 32.2. The lowest BCUT2D eigenvalue weighted by Gasteiger charge is -2.22. The first-order valence-electron chi connectivity index (χ1n) is 7.31. The summed E-state index contributed by atoms with van der Waals surface area (Å²) in [6.07, 6.45) is 0. The quantitative estimate of drug-likeness (QED) is 0.594. The molecular formula is C17H17Cl2NO4S. The maximum absolute atomic E-state index is 12.6. The van der Waals surface area contributed by atoms with Crippen molar-refractivity contribution in [3.8, 4) is 0 Å². The summed E-state index contributed by atoms with van der Waals surface area (Å²) in [7, 11) is -2.82. The highest BCUT2D eigenvalue weighted by molar-refractivity contribution is 7.89. The summed E-state index contributed by atoms with van der Waals surface area (Å²) in [5, 5.41) is -0.715. The van der Waals surface area contributed by atoms with Gasteiger partial charge in [0, 0.05) is 5.02 Å². The van der Waals surface area contributed by atoms with Crippen LogP contribution in [0.15, 0.2) is 53.4 Å². The number of methoxy groups -OCH3 is 1. The molecule has 0 fully saturated rings. The smallest absolute Gasteiger partial charge is 0.325 e. The number of ether oxygens (including phenoxy) is 1. The maximum atomic E-state index is 12.6. The van der Waals surface area contributed by atoms with Gasteiger partial charge in [-0.2, -0.15) is 4.72 Å². The van der Waals surface area contributed by atoms with Gasteiger partial charge in [-0.1, -0.05) is 47.5 Å². The fourth-order valence-corrected chi connectivity index (χ4v) is 4.12. The number of benzene rings is 2. The van der Waals surface area contributed by atoms with Crippen molar-refractivity contribution in [2.75, 3.05) is 7.11 Å². The second kappa shape index (κ2) is 8.19. The van der Waals surface area contributed by atoms with E-state index in [1.807, 2.05) is 6.92 Å². The number of halogens is 2. The van der Waals surface area contributed by atoms with E-state index >= 15 is 0 Å². The molecule has 0 aliphatic rings. The number of hydrogen-bond acceptors (Lipinski definition) is 4. The fourth-order valence-electron chi connectivity index (χ4n) is 2.19. The number of hydrogen-bond donors (Lipinski definition) is 1. The molecule has 0 spiro atoms. The van der Waals surface area contributed by atoms with Crippen molar-refractivity contribution in [2.45, 2.75) is 23.2 Å². The minimum absolute atomic E-state index is 0.0232. The lowest BCUT2D eigenvalue weighted by molar-refractivity contribution is -0.142. The Kier molecular flexibility index (Phi) is 6.46. The van der Waals surface area contributed by atoms with Gasteiger partial charge in [-0.25, -0.2) is 8.42 Å². The first-order chi connectivity index (χ1) is 11.8. The predicted octanol–water partition coefficient (Wildman–Crippen LogP) is 3.45. The van der Waals surface area contributed by atoms with Crippen LogP contribution in [0.4, 0.5) is 0 Å². The molecule has 134 valence electrons. The number of nitrogens with one attached hydrogen (secondary N) is 1. The fraction of sp³-hybridized carbons (Fsp3) is 0.235. The molecular weight excluding hydrogens is 385 g/mol. The van der Waals surface area contributed by atoms with Crippen LogP contribution in [0.2, 0.25) is 5.02 Å². The number of alkyl halides is 1. The number of carbonyl (C=O) groups excluding carboxylic acids is 1. The van der Waals surface area contributed by atoms with E-state index in [9.17, 15) is 13.2 Å². The Morgan fingerprint density at radius 2 is 1.72 bits per heavy atom. The summed E-state index contributed by atoms with van der Waals surface area (Å²) in [5.74, 6) is -0.810. The van der Waals surface area contributed by atoms with Crippen LogP contribution in [0, 0.1) is 6.92 Å². The zero-order valence-electron chi connectivity index (χ0n) is 13.6. The molecule has 0 aliphatic carbocycles. The molecule has 0 saturated carbocycles. The van der Waals surface area contributed by atoms with Crippen molar-refractivity contribution in [3.63, 3.8) is 0 Å². The number of esters is 1. The van der Waals surface area contributed by atoms with Gasteiger partial charge >= 0.3 is 5.97 Å². The minimum atomic E-state index is -3.98. The number of sulfonamides is 1. The van der Waals surface area contributed by atoms with E-state index in [-0.39, 0.29) is 4.90 Å². The van der Waals surface area contributed by atoms with Gasteiger partial charge in [0.25, 0.3) is 0 Å². The predicted molar refractivity (Wildman–Crippen MR) is 97.4 cm³/mol. The Balaban J connectivity index is 2.37. The largest absolute Gasteiger partial charge is 0.468 e. The molecule has 2 rings (SSSR count). The Labute approximate surface area is 157 Å². The highest BCUT2D eigenvalue weighted by atomic mass is 35.5. The van der Waals surface area contributed by atoms with Crippen LogP contribution in [0.5, 0.6) is 0 Å². The van der Waals surface area contributed by atoms with Crippen LogP contribution in [0.25, 0.3) is 0 Å². The SMILES string of the molecule is COC(=O)[C@@H](NS(=O)(=O)c1ccc(C)cc1)[C@@H](Cl)c1ccccc1Cl. The molecule has 0 radical (unpaired) electrons. The molecule has 0 aromatic heterocycles. The normalized spacial score (nSPS) is 13.9. The van der Waals surface area contributed by atoms with E-state index in [2.05, 4.69) is 4.72 Å². The third-order valence-corrected chi connectivity index (χ3v) is 5.85. The van der Waals surface area contributed by atoms with E-state index in [0.29, 0.717) is 10.6 Å². The molecule has 0 unspecified atom stereocenters. The van der Waals surface area contributed by atoms with Crippen LogP contribution < -0.4 is 4.72 Å². The minimum Gasteiger partial charge on any atom is -0.468 e. The lowest BCUT2D eigenvalue weighted by atomic mass is 10.1. The standard InChI is InChI=1S/C17H17Cl2NO4S/c1-11-7-9-12(10-8-11)25(22,23)20-16(17(21)24-2)15(19)13-5-3-4-6-14(13)18/h3-10,15-16,20H,1-2H3/t15-,16-/m0/s1. The van der Waals surface area contributed by atoms with Crippen molar-refractivity contribution >= 4 is 39.2 Å². The van der Waals surface area contributed by atoms with Crippen molar-refractivity contribution in [1.82, 2.24) is 4.72 Å². The highest BCUT2D eigenvalue weighted by Crippen LogP contribution is 2.31. The summed E-state index contributed by atoms with van der Waals surface area (Å²) in [6.45, 7) is 1.84. The molecule has 0 saturated heterocycles. The van der Waals surface area contributed by atoms with Gasteiger partial charge < -0.3 is 4.74 Å². The Bertz CT molecular complexity index is 853. The average molecular weight is 402 g/mol. The molecule has 5 nitrogen and oxygen atoms in total. The molecule has 2 atom stereocenters. The second-order valence-corrected chi connectivity index (χ2v) is 7.95. The zero-order valence-corrected chi connectivity index (χ0v) is 15.9. The third-order valence-electron chi connectivity index (χ3n) is 3.56. The number of aryl methyl sites for hydroxylation is 1. The van der Waals surface area contributed by atoms with Crippen LogP contribution in [0.1, 0.15) is 16.5 Å². The van der Waals surface area contributed by atoms with Crippen molar-refractivity contribution < 1.29 is 17.9 Å². The summed E-state index contributed by atoms with van der Waals surface area (Å²) in [5.41, 5.74) is 1.34. The van der Waals surface area contributed by atoms with Gasteiger partial charge in [0.15, 0.2) is 0 Å². The van der Waals surface area contributed by atoms with Gasteiger partial charge in [0.1, 0.15) is 6.04 Å². The van der Waals surface area contributed by atoms with Gasteiger partial charge in [-0.05, 0) is 30.7 Å². The Morgan fingerprint density at radius 1 is 1.12 bits per heavy atom. The number of carbonyl (C=O) groups is 1. The van der Waals surface area contributed by atoms with E-state index in [1.165, 1.54) is 12.1 Å². The summed E-state index contributed by atoms with van der Waals surface area (Å²) in [6, 6.07) is 11.5. The Hall–Kier alpha value is -1.60.